The molecule has 0 spiro atoms. The third kappa shape index (κ3) is 2.86. The number of carbonyl (C=O) groups excluding carboxylic acids is 1. The Balaban J connectivity index is 2.55. The maximum absolute atomic E-state index is 12.6. The molecule has 5 heteroatoms. The molecule has 0 bridgehead atoms. The van der Waals surface area contributed by atoms with Gasteiger partial charge in [0.05, 0.1) is 5.41 Å². The quantitative estimate of drug-likeness (QED) is 0.859. The number of carbonyl (C=O) groups is 1. The lowest BCUT2D eigenvalue weighted by Gasteiger charge is -2.39. The van der Waals surface area contributed by atoms with Crippen LogP contribution in [0.2, 0.25) is 0 Å². The average molecular weight is 289 g/mol. The molecule has 0 aliphatic carbocycles. The first-order valence-electron chi connectivity index (χ1n) is 7.03. The molecular weight excluding hydrogens is 266 g/mol. The molecule has 0 fully saturated rings. The molecule has 1 aliphatic rings. The second-order valence-corrected chi connectivity index (χ2v) is 6.41. The molecule has 1 heterocycles. The van der Waals surface area contributed by atoms with Crippen LogP contribution in [0.3, 0.4) is 0 Å². The predicted molar refractivity (Wildman–Crippen MR) is 82.8 cm³/mol. The lowest BCUT2D eigenvalue weighted by Crippen LogP contribution is -2.58. The van der Waals surface area contributed by atoms with Crippen molar-refractivity contribution in [1.82, 2.24) is 10.2 Å². The van der Waals surface area contributed by atoms with Crippen LogP contribution in [0.4, 0.5) is 0 Å². The maximum Gasteiger partial charge on any atom is 0.230 e. The SMILES string of the molecule is CN(C)/C1=N/OCC(C)(C)C(=O)NC1(C)c1ccccc1. The van der Waals surface area contributed by atoms with Crippen molar-refractivity contribution in [2.45, 2.75) is 26.3 Å². The molecular formula is C16H23N3O2. The van der Waals surface area contributed by atoms with Crippen LogP contribution in [0.1, 0.15) is 26.3 Å². The van der Waals surface area contributed by atoms with E-state index in [2.05, 4.69) is 10.5 Å². The fourth-order valence-electron chi connectivity index (χ4n) is 2.37. The molecule has 1 N–H and O–H groups in total. The van der Waals surface area contributed by atoms with E-state index in [1.165, 1.54) is 0 Å². The van der Waals surface area contributed by atoms with Crippen LogP contribution < -0.4 is 5.32 Å². The average Bonchev–Trinajstić information content (AvgIpc) is 2.42. The minimum absolute atomic E-state index is 0.0527. The van der Waals surface area contributed by atoms with E-state index >= 15 is 0 Å². The maximum atomic E-state index is 12.6. The van der Waals surface area contributed by atoms with Gasteiger partial charge in [0.15, 0.2) is 5.84 Å². The third-order valence-electron chi connectivity index (χ3n) is 3.78. The van der Waals surface area contributed by atoms with Crippen molar-refractivity contribution in [3.05, 3.63) is 35.9 Å². The Morgan fingerprint density at radius 3 is 2.38 bits per heavy atom. The van der Waals surface area contributed by atoms with E-state index in [0.717, 1.165) is 5.56 Å². The van der Waals surface area contributed by atoms with Crippen molar-refractivity contribution in [3.63, 3.8) is 0 Å². The molecule has 21 heavy (non-hydrogen) atoms. The highest BCUT2D eigenvalue weighted by Crippen LogP contribution is 2.28. The first-order valence-corrected chi connectivity index (χ1v) is 7.03. The summed E-state index contributed by atoms with van der Waals surface area (Å²) < 4.78 is 0. The molecule has 5 nitrogen and oxygen atoms in total. The number of benzene rings is 1. The van der Waals surface area contributed by atoms with Crippen LogP contribution in [0, 0.1) is 5.41 Å². The van der Waals surface area contributed by atoms with E-state index in [0.29, 0.717) is 5.84 Å². The fraction of sp³-hybridized carbons (Fsp3) is 0.500. The number of oxime groups is 1. The molecule has 0 saturated carbocycles. The monoisotopic (exact) mass is 289 g/mol. The Morgan fingerprint density at radius 2 is 1.81 bits per heavy atom. The topological polar surface area (TPSA) is 53.9 Å². The Morgan fingerprint density at radius 1 is 1.19 bits per heavy atom. The van der Waals surface area contributed by atoms with Gasteiger partial charge in [-0.05, 0) is 26.3 Å². The smallest absolute Gasteiger partial charge is 0.230 e. The summed E-state index contributed by atoms with van der Waals surface area (Å²) in [6, 6.07) is 9.81. The molecule has 1 atom stereocenters. The minimum atomic E-state index is -0.737. The highest BCUT2D eigenvalue weighted by Gasteiger charge is 2.42. The zero-order valence-electron chi connectivity index (χ0n) is 13.3. The minimum Gasteiger partial charge on any atom is -0.393 e. The molecule has 1 amide bonds. The number of nitrogens with zero attached hydrogens (tertiary/aromatic N) is 2. The third-order valence-corrected chi connectivity index (χ3v) is 3.78. The second-order valence-electron chi connectivity index (χ2n) is 6.41. The van der Waals surface area contributed by atoms with Crippen molar-refractivity contribution < 1.29 is 9.63 Å². The molecule has 114 valence electrons. The number of hydrogen-bond donors (Lipinski definition) is 1. The van der Waals surface area contributed by atoms with Gasteiger partial charge in [0, 0.05) is 14.1 Å². The normalized spacial score (nSPS) is 27.5. The van der Waals surface area contributed by atoms with Crippen molar-refractivity contribution in [2.24, 2.45) is 10.6 Å². The van der Waals surface area contributed by atoms with Crippen LogP contribution in [0.25, 0.3) is 0 Å². The van der Waals surface area contributed by atoms with Gasteiger partial charge in [-0.3, -0.25) is 4.79 Å². The van der Waals surface area contributed by atoms with Gasteiger partial charge in [-0.25, -0.2) is 0 Å². The van der Waals surface area contributed by atoms with E-state index in [-0.39, 0.29) is 12.5 Å². The molecule has 2 rings (SSSR count). The largest absolute Gasteiger partial charge is 0.393 e. The standard InChI is InChI=1S/C16H23N3O2/c1-15(2)11-21-18-13(19(4)5)16(3,17-14(15)20)12-9-7-6-8-10-12/h6-10H,11H2,1-5H3,(H,17,20)/b18-13+. The van der Waals surface area contributed by atoms with Crippen LogP contribution in [-0.4, -0.2) is 37.3 Å². The Bertz CT molecular complexity index is 552. The molecule has 1 unspecified atom stereocenters. The van der Waals surface area contributed by atoms with Gasteiger partial charge < -0.3 is 15.1 Å². The molecule has 0 aromatic heterocycles. The van der Waals surface area contributed by atoms with Crippen molar-refractivity contribution >= 4 is 11.7 Å². The molecule has 1 aliphatic heterocycles. The predicted octanol–water partition coefficient (Wildman–Crippen LogP) is 1.95. The van der Waals surface area contributed by atoms with Crippen molar-refractivity contribution in [3.8, 4) is 0 Å². The highest BCUT2D eigenvalue weighted by molar-refractivity contribution is 5.96. The van der Waals surface area contributed by atoms with Crippen molar-refractivity contribution in [1.29, 1.82) is 0 Å². The summed E-state index contributed by atoms with van der Waals surface area (Å²) in [5, 5.41) is 7.41. The lowest BCUT2D eigenvalue weighted by atomic mass is 9.86. The zero-order chi connectivity index (χ0) is 15.7. The van der Waals surface area contributed by atoms with Crippen LogP contribution in [0.5, 0.6) is 0 Å². The summed E-state index contributed by atoms with van der Waals surface area (Å²) in [5.74, 6) is 0.612. The van der Waals surface area contributed by atoms with Gasteiger partial charge >= 0.3 is 0 Å². The molecule has 1 aromatic rings. The van der Waals surface area contributed by atoms with Gasteiger partial charge in [0.1, 0.15) is 12.1 Å². The van der Waals surface area contributed by atoms with Gasteiger partial charge in [-0.2, -0.15) is 0 Å². The van der Waals surface area contributed by atoms with Crippen LogP contribution in [0.15, 0.2) is 35.5 Å². The van der Waals surface area contributed by atoms with Gasteiger partial charge in [-0.1, -0.05) is 35.5 Å². The number of hydrogen-bond acceptors (Lipinski definition) is 4. The van der Waals surface area contributed by atoms with Gasteiger partial charge in [0.2, 0.25) is 5.91 Å². The Labute approximate surface area is 126 Å². The van der Waals surface area contributed by atoms with Crippen molar-refractivity contribution in [2.75, 3.05) is 20.7 Å². The summed E-state index contributed by atoms with van der Waals surface area (Å²) >= 11 is 0. The van der Waals surface area contributed by atoms with E-state index in [9.17, 15) is 4.79 Å². The summed E-state index contributed by atoms with van der Waals surface area (Å²) in [6.45, 7) is 5.90. The summed E-state index contributed by atoms with van der Waals surface area (Å²) in [4.78, 5) is 19.9. The summed E-state index contributed by atoms with van der Waals surface area (Å²) in [7, 11) is 3.78. The van der Waals surface area contributed by atoms with E-state index in [1.54, 1.807) is 0 Å². The van der Waals surface area contributed by atoms with E-state index < -0.39 is 11.0 Å². The summed E-state index contributed by atoms with van der Waals surface area (Å²) in [5.41, 5.74) is -0.399. The summed E-state index contributed by atoms with van der Waals surface area (Å²) in [6.07, 6.45) is 0. The highest BCUT2D eigenvalue weighted by atomic mass is 16.6. The van der Waals surface area contributed by atoms with Crippen LogP contribution >= 0.6 is 0 Å². The first kappa shape index (κ1) is 15.4. The zero-order valence-corrected chi connectivity index (χ0v) is 13.3. The molecule has 0 radical (unpaired) electrons. The second kappa shape index (κ2) is 5.39. The molecule has 1 aromatic carbocycles. The Hall–Kier alpha value is -2.04. The van der Waals surface area contributed by atoms with E-state index in [1.807, 2.05) is 70.1 Å². The number of rotatable bonds is 1. The number of likely N-dealkylation sites (N-methyl/N-ethyl adjacent to an activating group) is 1. The van der Waals surface area contributed by atoms with E-state index in [4.69, 9.17) is 4.84 Å². The molecule has 0 saturated heterocycles. The van der Waals surface area contributed by atoms with Gasteiger partial charge in [-0.15, -0.1) is 0 Å². The van der Waals surface area contributed by atoms with Gasteiger partial charge in [0.25, 0.3) is 0 Å². The number of amides is 1. The first-order chi connectivity index (χ1) is 9.77. The fourth-order valence-corrected chi connectivity index (χ4v) is 2.37. The number of amidine groups is 1. The Kier molecular flexibility index (Phi) is 3.94. The lowest BCUT2D eigenvalue weighted by molar-refractivity contribution is -0.134. The number of nitrogens with one attached hydrogen (secondary N) is 1. The van der Waals surface area contributed by atoms with Crippen LogP contribution in [-0.2, 0) is 15.2 Å².